The predicted molar refractivity (Wildman–Crippen MR) is 70.3 cm³/mol. The second kappa shape index (κ2) is 4.96. The number of halogens is 1. The molecule has 0 spiro atoms. The van der Waals surface area contributed by atoms with Crippen molar-refractivity contribution < 1.29 is 13.2 Å². The van der Waals surface area contributed by atoms with Gasteiger partial charge in [-0.15, -0.1) is 0 Å². The van der Waals surface area contributed by atoms with E-state index in [4.69, 9.17) is 4.74 Å². The van der Waals surface area contributed by atoms with Crippen LogP contribution in [0.4, 0.5) is 5.69 Å². The van der Waals surface area contributed by atoms with Crippen LogP contribution in [0, 0.1) is 0 Å². The number of morpholine rings is 1. The van der Waals surface area contributed by atoms with Gasteiger partial charge in [0.15, 0.2) is 9.84 Å². The molecule has 0 saturated carbocycles. The number of nitrogens with zero attached hydrogens (tertiary/aromatic N) is 1. The molecule has 6 heteroatoms. The molecule has 1 saturated heterocycles. The molecule has 0 bridgehead atoms. The van der Waals surface area contributed by atoms with Crippen molar-refractivity contribution in [1.29, 1.82) is 0 Å². The van der Waals surface area contributed by atoms with Gasteiger partial charge in [-0.3, -0.25) is 0 Å². The maximum Gasteiger partial charge on any atom is 0.175 e. The summed E-state index contributed by atoms with van der Waals surface area (Å²) in [7, 11) is -3.17. The lowest BCUT2D eigenvalue weighted by atomic mass is 10.2. The lowest BCUT2D eigenvalue weighted by Gasteiger charge is -2.29. The summed E-state index contributed by atoms with van der Waals surface area (Å²) in [6.07, 6.45) is 1.22. The van der Waals surface area contributed by atoms with Crippen molar-refractivity contribution in [1.82, 2.24) is 0 Å². The summed E-state index contributed by atoms with van der Waals surface area (Å²) in [5.41, 5.74) is 0.920. The highest BCUT2D eigenvalue weighted by molar-refractivity contribution is 9.10. The molecule has 0 aromatic heterocycles. The van der Waals surface area contributed by atoms with Gasteiger partial charge in [-0.05, 0) is 18.2 Å². The van der Waals surface area contributed by atoms with Crippen LogP contribution in [0.3, 0.4) is 0 Å². The standard InChI is InChI=1S/C11H14BrNO3S/c1-17(14,15)11-7-9(12)6-10(8-11)13-2-4-16-5-3-13/h6-8H,2-5H2,1H3. The number of anilines is 1. The zero-order valence-corrected chi connectivity index (χ0v) is 11.9. The molecule has 1 aromatic carbocycles. The Morgan fingerprint density at radius 2 is 1.88 bits per heavy atom. The highest BCUT2D eigenvalue weighted by atomic mass is 79.9. The van der Waals surface area contributed by atoms with Gasteiger partial charge in [0.1, 0.15) is 0 Å². The molecule has 1 aliphatic rings. The Kier molecular flexibility index (Phi) is 3.75. The molecular formula is C11H14BrNO3S. The van der Waals surface area contributed by atoms with E-state index in [1.807, 2.05) is 6.07 Å². The van der Waals surface area contributed by atoms with Crippen molar-refractivity contribution in [2.24, 2.45) is 0 Å². The fraction of sp³-hybridized carbons (Fsp3) is 0.455. The van der Waals surface area contributed by atoms with E-state index in [2.05, 4.69) is 20.8 Å². The van der Waals surface area contributed by atoms with E-state index in [1.165, 1.54) is 6.26 Å². The average Bonchev–Trinajstić information content (AvgIpc) is 2.28. The minimum Gasteiger partial charge on any atom is -0.378 e. The molecule has 0 N–H and O–H groups in total. The van der Waals surface area contributed by atoms with Gasteiger partial charge in [-0.1, -0.05) is 15.9 Å². The number of hydrogen-bond donors (Lipinski definition) is 0. The molecule has 2 rings (SSSR count). The molecular weight excluding hydrogens is 306 g/mol. The Morgan fingerprint density at radius 1 is 1.24 bits per heavy atom. The molecule has 1 aromatic rings. The van der Waals surface area contributed by atoms with E-state index < -0.39 is 9.84 Å². The molecule has 1 heterocycles. The van der Waals surface area contributed by atoms with Crippen molar-refractivity contribution in [3.63, 3.8) is 0 Å². The third-order valence-corrected chi connectivity index (χ3v) is 4.21. The summed E-state index contributed by atoms with van der Waals surface area (Å²) in [6, 6.07) is 5.27. The lowest BCUT2D eigenvalue weighted by Crippen LogP contribution is -2.36. The molecule has 0 aliphatic carbocycles. The minimum absolute atomic E-state index is 0.341. The van der Waals surface area contributed by atoms with Crippen LogP contribution in [0.15, 0.2) is 27.6 Å². The van der Waals surface area contributed by atoms with Gasteiger partial charge in [-0.2, -0.15) is 0 Å². The van der Waals surface area contributed by atoms with Crippen LogP contribution < -0.4 is 4.90 Å². The minimum atomic E-state index is -3.17. The number of sulfone groups is 1. The normalized spacial score (nSPS) is 17.2. The number of benzene rings is 1. The SMILES string of the molecule is CS(=O)(=O)c1cc(Br)cc(N2CCOCC2)c1. The highest BCUT2D eigenvalue weighted by Gasteiger charge is 2.15. The van der Waals surface area contributed by atoms with Crippen molar-refractivity contribution >= 4 is 31.5 Å². The molecule has 0 atom stereocenters. The van der Waals surface area contributed by atoms with E-state index in [0.29, 0.717) is 18.1 Å². The first-order valence-corrected chi connectivity index (χ1v) is 7.98. The van der Waals surface area contributed by atoms with Crippen molar-refractivity contribution in [3.05, 3.63) is 22.7 Å². The van der Waals surface area contributed by atoms with Gasteiger partial charge in [0.25, 0.3) is 0 Å². The summed E-state index contributed by atoms with van der Waals surface area (Å²) in [5, 5.41) is 0. The van der Waals surface area contributed by atoms with Crippen LogP contribution in [0.5, 0.6) is 0 Å². The Morgan fingerprint density at radius 3 is 2.47 bits per heavy atom. The van der Waals surface area contributed by atoms with Crippen molar-refractivity contribution in [2.75, 3.05) is 37.5 Å². The van der Waals surface area contributed by atoms with E-state index in [0.717, 1.165) is 23.2 Å². The van der Waals surface area contributed by atoms with Gasteiger partial charge < -0.3 is 9.64 Å². The fourth-order valence-electron chi connectivity index (χ4n) is 1.77. The molecule has 0 amide bonds. The van der Waals surface area contributed by atoms with Gasteiger partial charge in [0, 0.05) is 29.5 Å². The van der Waals surface area contributed by atoms with E-state index >= 15 is 0 Å². The van der Waals surface area contributed by atoms with Crippen LogP contribution in [0.25, 0.3) is 0 Å². The predicted octanol–water partition coefficient (Wildman–Crippen LogP) is 1.69. The third kappa shape index (κ3) is 3.20. The molecule has 17 heavy (non-hydrogen) atoms. The quantitative estimate of drug-likeness (QED) is 0.832. The number of rotatable bonds is 2. The average molecular weight is 320 g/mol. The zero-order chi connectivity index (χ0) is 12.5. The van der Waals surface area contributed by atoms with Crippen LogP contribution in [-0.4, -0.2) is 41.0 Å². The van der Waals surface area contributed by atoms with Crippen LogP contribution in [0.2, 0.25) is 0 Å². The summed E-state index contributed by atoms with van der Waals surface area (Å²) >= 11 is 3.35. The van der Waals surface area contributed by atoms with Gasteiger partial charge in [0.2, 0.25) is 0 Å². The first-order chi connectivity index (χ1) is 7.97. The Bertz CT molecular complexity index is 509. The lowest BCUT2D eigenvalue weighted by molar-refractivity contribution is 0.122. The second-order valence-corrected chi connectivity index (χ2v) is 6.95. The first-order valence-electron chi connectivity index (χ1n) is 5.30. The zero-order valence-electron chi connectivity index (χ0n) is 9.52. The largest absolute Gasteiger partial charge is 0.378 e. The van der Waals surface area contributed by atoms with Gasteiger partial charge in [0.05, 0.1) is 18.1 Å². The summed E-state index contributed by atoms with van der Waals surface area (Å²) in [5.74, 6) is 0. The highest BCUT2D eigenvalue weighted by Crippen LogP contribution is 2.26. The Balaban J connectivity index is 2.37. The van der Waals surface area contributed by atoms with Gasteiger partial charge >= 0.3 is 0 Å². The number of hydrogen-bond acceptors (Lipinski definition) is 4. The van der Waals surface area contributed by atoms with Crippen LogP contribution >= 0.6 is 15.9 Å². The molecule has 94 valence electrons. The molecule has 1 aliphatic heterocycles. The first kappa shape index (κ1) is 12.9. The van der Waals surface area contributed by atoms with E-state index in [9.17, 15) is 8.42 Å². The summed E-state index contributed by atoms with van der Waals surface area (Å²) in [6.45, 7) is 2.95. The smallest absolute Gasteiger partial charge is 0.175 e. The van der Waals surface area contributed by atoms with Crippen molar-refractivity contribution in [3.8, 4) is 0 Å². The molecule has 0 radical (unpaired) electrons. The maximum absolute atomic E-state index is 11.6. The molecule has 4 nitrogen and oxygen atoms in total. The van der Waals surface area contributed by atoms with Crippen LogP contribution in [-0.2, 0) is 14.6 Å². The van der Waals surface area contributed by atoms with Crippen molar-refractivity contribution in [2.45, 2.75) is 4.90 Å². The third-order valence-electron chi connectivity index (χ3n) is 2.66. The van der Waals surface area contributed by atoms with E-state index in [1.54, 1.807) is 12.1 Å². The summed E-state index contributed by atoms with van der Waals surface area (Å²) < 4.78 is 29.2. The topological polar surface area (TPSA) is 46.6 Å². The Labute approximate surface area is 110 Å². The van der Waals surface area contributed by atoms with E-state index in [-0.39, 0.29) is 0 Å². The molecule has 0 unspecified atom stereocenters. The van der Waals surface area contributed by atoms with Crippen LogP contribution in [0.1, 0.15) is 0 Å². The summed E-state index contributed by atoms with van der Waals surface area (Å²) in [4.78, 5) is 2.47. The Hall–Kier alpha value is -0.590. The molecule has 1 fully saturated rings. The van der Waals surface area contributed by atoms with Gasteiger partial charge in [-0.25, -0.2) is 8.42 Å². The fourth-order valence-corrected chi connectivity index (χ4v) is 3.07. The second-order valence-electron chi connectivity index (χ2n) is 4.02. The number of ether oxygens (including phenoxy) is 1. The monoisotopic (exact) mass is 319 g/mol. The maximum atomic E-state index is 11.6.